The zero-order valence-corrected chi connectivity index (χ0v) is 219. The maximum atomic E-state index is 0. The zero-order valence-electron chi connectivity index (χ0n) is 53.0. The molecule has 150 heavy (non-hydrogen) atoms. The van der Waals surface area contributed by atoms with E-state index in [1.165, 1.54) is 0 Å². The standard InChI is InChI=1S/150Fe/q150*+3. The molecule has 0 saturated carbocycles. The molecule has 0 amide bonds. The van der Waals surface area contributed by atoms with Gasteiger partial charge in [0.05, 0.1) is 0 Å². The maximum absolute atomic E-state index is 0. The predicted octanol–water partition coefficient (Wildman–Crippen LogP) is -0.375. The molecule has 0 aliphatic heterocycles. The van der Waals surface area contributed by atoms with E-state index in [0.29, 0.717) is 0 Å². The molecular weight excluding hydrogens is 8380 g/mol. The van der Waals surface area contributed by atoms with Crippen LogP contribution in [0.1, 0.15) is 0 Å². The van der Waals surface area contributed by atoms with Gasteiger partial charge in [-0.2, -0.15) is 0 Å². The molecule has 750 valence electrons. The van der Waals surface area contributed by atoms with E-state index >= 15 is 0 Å². The van der Waals surface area contributed by atoms with Crippen molar-refractivity contribution < 1.29 is 2560 Å². The van der Waals surface area contributed by atoms with Crippen LogP contribution in [0.2, 0.25) is 0 Å². The Morgan fingerprint density at radius 2 is 0.00667 bits per heavy atom. The molecule has 150 radical (unpaired) electrons. The summed E-state index contributed by atoms with van der Waals surface area (Å²) in [5, 5.41) is 0. The van der Waals surface area contributed by atoms with Crippen LogP contribution in [0.15, 0.2) is 0 Å². The Morgan fingerprint density at radius 3 is 0.00667 bits per heavy atom. The van der Waals surface area contributed by atoms with Gasteiger partial charge in [-0.1, -0.05) is 0 Å². The fourth-order valence-electron chi connectivity index (χ4n) is 0. The van der Waals surface area contributed by atoms with Crippen LogP contribution in [-0.4, -0.2) is 0 Å². The summed E-state index contributed by atoms with van der Waals surface area (Å²) in [5.41, 5.74) is 0. The number of hydrogen-bond acceptors (Lipinski definition) is 0. The molecule has 0 spiro atoms. The second-order valence-corrected chi connectivity index (χ2v) is 0. The van der Waals surface area contributed by atoms with Crippen molar-refractivity contribution in [2.45, 2.75) is 0 Å². The molecule has 0 heterocycles. The average Bonchev–Trinajstić information content (AvgIpc) is 0. The predicted molar refractivity (Wildman–Crippen MR) is 0 cm³/mol. The van der Waals surface area contributed by atoms with E-state index in [2.05, 4.69) is 0 Å². The molecule has 0 aliphatic carbocycles. The average molecular weight is 8380 g/mol. The summed E-state index contributed by atoms with van der Waals surface area (Å²) < 4.78 is 0. The summed E-state index contributed by atoms with van der Waals surface area (Å²) in [6, 6.07) is 0. The molecule has 150 heteroatoms. The third kappa shape index (κ3) is 1880. The topological polar surface area (TPSA) is 0 Å². The summed E-state index contributed by atoms with van der Waals surface area (Å²) in [7, 11) is 0. The van der Waals surface area contributed by atoms with E-state index in [1.807, 2.05) is 0 Å². The van der Waals surface area contributed by atoms with Crippen molar-refractivity contribution in [2.24, 2.45) is 0 Å². The first kappa shape index (κ1) is 1930. The molecule has 0 atom stereocenters. The third-order valence-electron chi connectivity index (χ3n) is 0. The Balaban J connectivity index is 0. The van der Waals surface area contributed by atoms with E-state index in [4.69, 9.17) is 0 Å². The van der Waals surface area contributed by atoms with Gasteiger partial charge < -0.3 is 0 Å². The van der Waals surface area contributed by atoms with Crippen LogP contribution in [0.4, 0.5) is 0 Å². The van der Waals surface area contributed by atoms with Gasteiger partial charge in [0.15, 0.2) is 0 Å². The van der Waals surface area contributed by atoms with Gasteiger partial charge in [-0.25, -0.2) is 0 Å². The van der Waals surface area contributed by atoms with E-state index < -0.39 is 0 Å². The smallest absolute Gasteiger partial charge is 3.00 e. The normalized spacial score (nSPS) is 0. The summed E-state index contributed by atoms with van der Waals surface area (Å²) in [6.45, 7) is 0. The summed E-state index contributed by atoms with van der Waals surface area (Å²) >= 11 is 0. The zero-order chi connectivity index (χ0) is 0. The Bertz CT molecular complexity index is 0. The first-order valence-electron chi connectivity index (χ1n) is 0. The molecule has 0 nitrogen and oxygen atoms in total. The minimum absolute atomic E-state index is 0. The molecule has 0 aliphatic rings. The molecule has 0 fully saturated rings. The van der Waals surface area contributed by atoms with Gasteiger partial charge in [0.25, 0.3) is 0 Å². The molecule has 0 unspecified atom stereocenters. The van der Waals surface area contributed by atoms with Gasteiger partial charge in [0.1, 0.15) is 0 Å². The Kier molecular flexibility index (Phi) is 24600. The molecular formula is Fe150+450. The molecule has 0 bridgehead atoms. The van der Waals surface area contributed by atoms with E-state index in [9.17, 15) is 0 Å². The van der Waals surface area contributed by atoms with Crippen LogP contribution < -0.4 is 0 Å². The van der Waals surface area contributed by atoms with Crippen molar-refractivity contribution in [3.8, 4) is 0 Å². The van der Waals surface area contributed by atoms with Gasteiger partial charge in [0.2, 0.25) is 0 Å². The quantitative estimate of drug-likeness (QED) is 0.291. The van der Waals surface area contributed by atoms with Crippen molar-refractivity contribution in [2.75, 3.05) is 0 Å². The molecule has 0 aromatic rings. The van der Waals surface area contributed by atoms with Crippen molar-refractivity contribution in [1.29, 1.82) is 0 Å². The monoisotopic (exact) mass is 8390 g/mol. The molecule has 0 saturated heterocycles. The SMILES string of the molecule is [Fe+3].[Fe+3].[Fe+3].[Fe+3].[Fe+3].[Fe+3].[Fe+3].[Fe+3].[Fe+3].[Fe+3].[Fe+3].[Fe+3].[Fe+3].[Fe+3].[Fe+3].[Fe+3].[Fe+3].[Fe+3].[Fe+3].[Fe+3].[Fe+3].[Fe+3].[Fe+3].[Fe+3].[Fe+3].[Fe+3].[Fe+3].[Fe+3].[Fe+3].[Fe+3].[Fe+3].[Fe+3].[Fe+3].[Fe+3].[Fe+3].[Fe+3].[Fe+3].[Fe+3].[Fe+3].[Fe+3].[Fe+3].[Fe+3].[Fe+3].[Fe+3].[Fe+3].[Fe+3].[Fe+3].[Fe+3].[Fe+3].[Fe+3].[Fe+3].[Fe+3].[Fe+3].[Fe+3].[Fe+3].[Fe+3].[Fe+3].[Fe+3].[Fe+3].[Fe+3].[Fe+3].[Fe+3].[Fe+3].[Fe+3].[Fe+3].[Fe+3].[Fe+3].[Fe+3].[Fe+3].[Fe+3].[Fe+3].[Fe+3].[Fe+3].[Fe+3].[Fe+3].[Fe+3].[Fe+3].[Fe+3].[Fe+3].[Fe+3].[Fe+3].[Fe+3].[Fe+3].[Fe+3].[Fe+3].[Fe+3].[Fe+3].[Fe+3].[Fe+3].[Fe+3].[Fe+3].[Fe+3].[Fe+3].[Fe+3].[Fe+3].[Fe+3].[Fe+3].[Fe+3].[Fe+3].[Fe+3].[Fe+3].[Fe+3].[Fe+3].[Fe+3].[Fe+3].[Fe+3].[Fe+3].[Fe+3].[Fe+3].[Fe+3].[Fe+3].[Fe+3].[Fe+3].[Fe+3].[Fe+3].[Fe+3].[Fe+3].[Fe+3].[Fe+3].[Fe+3].[Fe+3].[Fe+3].[Fe+3].[Fe+3].[Fe+3].[Fe+3].[Fe+3].[Fe+3].[Fe+3].[Fe+3].[Fe+3].[Fe+3].[Fe+3].[Fe+3].[Fe+3].[Fe+3].[Fe+3].[Fe+3].[Fe+3].[Fe+3].[Fe+3].[Fe+3].[Fe+3].[Fe+3].[Fe+3].[Fe+3].[Fe+3].[Fe+3].[Fe+3].[Fe+3]. The van der Waals surface area contributed by atoms with Crippen LogP contribution in [0.5, 0.6) is 0 Å². The van der Waals surface area contributed by atoms with Crippen molar-refractivity contribution in [1.82, 2.24) is 0 Å². The van der Waals surface area contributed by atoms with Gasteiger partial charge >= 0.3 is 2560 Å². The van der Waals surface area contributed by atoms with E-state index in [-0.39, 0.29) is 2560 Å². The number of hydrogen-bond donors (Lipinski definition) is 0. The van der Waals surface area contributed by atoms with Crippen LogP contribution in [0.3, 0.4) is 0 Å². The molecule has 0 N–H and O–H groups in total. The Labute approximate surface area is 2490 Å². The maximum Gasteiger partial charge on any atom is 3.00 e. The van der Waals surface area contributed by atoms with Gasteiger partial charge in [-0.05, 0) is 0 Å². The van der Waals surface area contributed by atoms with Crippen LogP contribution in [0.25, 0.3) is 0 Å². The van der Waals surface area contributed by atoms with Gasteiger partial charge in [-0.15, -0.1) is 0 Å². The molecule has 0 aromatic carbocycles. The first-order chi connectivity index (χ1) is 0. The van der Waals surface area contributed by atoms with Crippen LogP contribution in [0, 0.1) is 0 Å². The fourth-order valence-corrected chi connectivity index (χ4v) is 0. The molecule has 0 rings (SSSR count). The first-order valence-corrected chi connectivity index (χ1v) is 0. The summed E-state index contributed by atoms with van der Waals surface area (Å²) in [6.07, 6.45) is 0. The van der Waals surface area contributed by atoms with Crippen molar-refractivity contribution in [3.63, 3.8) is 0 Å². The van der Waals surface area contributed by atoms with E-state index in [1.54, 1.807) is 0 Å². The Morgan fingerprint density at radius 1 is 0.00667 bits per heavy atom. The summed E-state index contributed by atoms with van der Waals surface area (Å²) in [4.78, 5) is 0. The minimum atomic E-state index is 0. The Hall–Kier alpha value is 77.9. The van der Waals surface area contributed by atoms with E-state index in [0.717, 1.165) is 0 Å². The number of rotatable bonds is 0. The largest absolute Gasteiger partial charge is 3.00 e. The minimum Gasteiger partial charge on any atom is 3.00 e. The van der Waals surface area contributed by atoms with Gasteiger partial charge in [0, 0.05) is 0 Å². The van der Waals surface area contributed by atoms with Crippen molar-refractivity contribution >= 4 is 0 Å². The summed E-state index contributed by atoms with van der Waals surface area (Å²) in [5.74, 6) is 0. The van der Waals surface area contributed by atoms with Crippen molar-refractivity contribution in [3.05, 3.63) is 0 Å². The fraction of sp³-hybridized carbons (Fsp3) is 0. The molecule has 0 aromatic heterocycles. The van der Waals surface area contributed by atoms with Crippen LogP contribution >= 0.6 is 0 Å². The second kappa shape index (κ2) is 1910. The van der Waals surface area contributed by atoms with Crippen LogP contribution in [-0.2, 0) is 2560 Å². The van der Waals surface area contributed by atoms with Gasteiger partial charge in [-0.3, -0.25) is 0 Å². The third-order valence-corrected chi connectivity index (χ3v) is 0. The second-order valence-electron chi connectivity index (χ2n) is 0.